The third-order valence-corrected chi connectivity index (χ3v) is 7.85. The van der Waals surface area contributed by atoms with E-state index in [0.717, 1.165) is 37.0 Å². The highest BCUT2D eigenvalue weighted by molar-refractivity contribution is 6.42. The van der Waals surface area contributed by atoms with Crippen LogP contribution in [0.5, 0.6) is 0 Å². The van der Waals surface area contributed by atoms with Crippen molar-refractivity contribution in [2.24, 2.45) is 5.73 Å². The molecule has 1 aliphatic heterocycles. The van der Waals surface area contributed by atoms with Crippen LogP contribution < -0.4 is 11.1 Å². The van der Waals surface area contributed by atoms with Crippen LogP contribution in [0.2, 0.25) is 10.0 Å². The van der Waals surface area contributed by atoms with Crippen molar-refractivity contribution in [2.45, 2.75) is 31.3 Å². The van der Waals surface area contributed by atoms with Crippen LogP contribution in [0.3, 0.4) is 0 Å². The summed E-state index contributed by atoms with van der Waals surface area (Å²) in [5, 5.41) is 4.52. The van der Waals surface area contributed by atoms with Crippen LogP contribution in [0.1, 0.15) is 36.9 Å². The van der Waals surface area contributed by atoms with Gasteiger partial charge in [0.15, 0.2) is 0 Å². The van der Waals surface area contributed by atoms with E-state index in [9.17, 15) is 4.79 Å². The summed E-state index contributed by atoms with van der Waals surface area (Å²) in [5.41, 5.74) is 7.95. The number of rotatable bonds is 8. The minimum atomic E-state index is -0.341. The molecule has 5 nitrogen and oxygen atoms in total. The molecule has 1 heterocycles. The number of likely N-dealkylation sites (N-methyl/N-ethyl adjacent to an activating group) is 2. The molecule has 174 valence electrons. The summed E-state index contributed by atoms with van der Waals surface area (Å²) in [6.45, 7) is 5.34. The predicted molar refractivity (Wildman–Crippen MR) is 133 cm³/mol. The Bertz CT molecular complexity index is 913. The van der Waals surface area contributed by atoms with Gasteiger partial charge in [0.05, 0.1) is 42.3 Å². The first kappa shape index (κ1) is 25.0. The largest absolute Gasteiger partial charge is 0.331 e. The third-order valence-electron chi connectivity index (χ3n) is 7.11. The average Bonchev–Trinajstić information content (AvgIpc) is 2.79. The minimum Gasteiger partial charge on any atom is -0.331 e. The van der Waals surface area contributed by atoms with Crippen LogP contribution >= 0.6 is 23.2 Å². The van der Waals surface area contributed by atoms with Gasteiger partial charge in [-0.3, -0.25) is 4.79 Å². The molecule has 1 fully saturated rings. The number of nitrogens with zero attached hydrogens (tertiary/aromatic N) is 2. The summed E-state index contributed by atoms with van der Waals surface area (Å²) in [6, 6.07) is 16.6. The monoisotopic (exact) mass is 477 g/mol. The second-order valence-corrected chi connectivity index (χ2v) is 9.84. The minimum absolute atomic E-state index is 0.0756. The number of benzene rings is 2. The fourth-order valence-electron chi connectivity index (χ4n) is 5.31. The fraction of sp³-hybridized carbons (Fsp3) is 0.480. The number of halogens is 2. The molecule has 0 bridgehead atoms. The van der Waals surface area contributed by atoms with E-state index in [1.165, 1.54) is 11.1 Å². The number of nitrogens with two attached hydrogens (primary N) is 1. The zero-order chi connectivity index (χ0) is 23.4. The molecular formula is C25H35Cl2N4O+. The van der Waals surface area contributed by atoms with Crippen molar-refractivity contribution in [3.05, 3.63) is 69.7 Å². The smallest absolute Gasteiger partial charge is 0.220 e. The van der Waals surface area contributed by atoms with Gasteiger partial charge < -0.3 is 20.4 Å². The molecule has 1 atom stereocenters. The molecule has 0 radical (unpaired) electrons. The predicted octanol–water partition coefficient (Wildman–Crippen LogP) is 4.20. The van der Waals surface area contributed by atoms with Gasteiger partial charge in [0, 0.05) is 38.4 Å². The number of carbonyl (C=O) groups excluding carboxylic acids is 1. The van der Waals surface area contributed by atoms with E-state index >= 15 is 0 Å². The Morgan fingerprint density at radius 1 is 1.16 bits per heavy atom. The standard InChI is InChI=1S/C25H35Cl2N4O/c1-19(32)30(14-13-28)25(21-7-5-4-6-8-21)11-15-31(3,16-12-25)24(18-29-2)20-9-10-22(26)23(27)17-20/h4-10,17,24,29H,11-16,18,28H2,1-3H3/q+1. The lowest BCUT2D eigenvalue weighted by atomic mass is 9.77. The van der Waals surface area contributed by atoms with Crippen molar-refractivity contribution >= 4 is 29.1 Å². The van der Waals surface area contributed by atoms with E-state index in [1.54, 1.807) is 6.92 Å². The SMILES string of the molecule is CNCC(c1ccc(Cl)c(Cl)c1)[N+]1(C)CCC(c2ccccc2)(N(CCN)C(C)=O)CC1. The maximum Gasteiger partial charge on any atom is 0.220 e. The molecule has 3 N–H and O–H groups in total. The Labute approximate surface area is 202 Å². The maximum atomic E-state index is 12.7. The topological polar surface area (TPSA) is 58.4 Å². The molecular weight excluding hydrogens is 443 g/mol. The Morgan fingerprint density at radius 3 is 2.34 bits per heavy atom. The Balaban J connectivity index is 1.97. The molecule has 1 aliphatic rings. The Hall–Kier alpha value is -1.63. The lowest BCUT2D eigenvalue weighted by Crippen LogP contribution is -2.62. The van der Waals surface area contributed by atoms with Crippen LogP contribution in [-0.2, 0) is 10.3 Å². The van der Waals surface area contributed by atoms with Gasteiger partial charge in [-0.15, -0.1) is 0 Å². The van der Waals surface area contributed by atoms with Crippen LogP contribution in [0.15, 0.2) is 48.5 Å². The fourth-order valence-corrected chi connectivity index (χ4v) is 5.61. The van der Waals surface area contributed by atoms with Crippen LogP contribution in [0.4, 0.5) is 0 Å². The Morgan fingerprint density at radius 2 is 1.81 bits per heavy atom. The molecule has 7 heteroatoms. The molecule has 1 amide bonds. The number of nitrogens with one attached hydrogen (secondary N) is 1. The van der Waals surface area contributed by atoms with E-state index in [2.05, 4.69) is 42.7 Å². The highest BCUT2D eigenvalue weighted by Gasteiger charge is 2.49. The van der Waals surface area contributed by atoms with Crippen LogP contribution in [-0.4, -0.2) is 62.1 Å². The first-order chi connectivity index (χ1) is 15.3. The number of carbonyl (C=O) groups is 1. The molecule has 2 aromatic carbocycles. The van der Waals surface area contributed by atoms with Gasteiger partial charge >= 0.3 is 0 Å². The molecule has 3 rings (SSSR count). The van der Waals surface area contributed by atoms with E-state index in [-0.39, 0.29) is 17.5 Å². The third kappa shape index (κ3) is 4.97. The number of piperidine rings is 1. The number of hydrogen-bond acceptors (Lipinski definition) is 3. The van der Waals surface area contributed by atoms with Gasteiger partial charge in [-0.2, -0.15) is 0 Å². The molecule has 0 aliphatic carbocycles. The van der Waals surface area contributed by atoms with Crippen molar-refractivity contribution in [3.8, 4) is 0 Å². The summed E-state index contributed by atoms with van der Waals surface area (Å²) < 4.78 is 0.863. The first-order valence-electron chi connectivity index (χ1n) is 11.2. The van der Waals surface area contributed by atoms with Gasteiger partial charge in [-0.1, -0.05) is 59.6 Å². The van der Waals surface area contributed by atoms with Gasteiger partial charge in [0.2, 0.25) is 5.91 Å². The highest BCUT2D eigenvalue weighted by atomic mass is 35.5. The maximum absolute atomic E-state index is 12.7. The summed E-state index contributed by atoms with van der Waals surface area (Å²) in [7, 11) is 4.29. The molecule has 0 aromatic heterocycles. The van der Waals surface area contributed by atoms with E-state index in [4.69, 9.17) is 28.9 Å². The summed E-state index contributed by atoms with van der Waals surface area (Å²) in [4.78, 5) is 14.7. The van der Waals surface area contributed by atoms with Gasteiger partial charge in [0.25, 0.3) is 0 Å². The summed E-state index contributed by atoms with van der Waals surface area (Å²) in [6.07, 6.45) is 1.74. The number of quaternary nitrogens is 1. The molecule has 1 unspecified atom stereocenters. The molecule has 32 heavy (non-hydrogen) atoms. The van der Waals surface area contributed by atoms with Crippen molar-refractivity contribution in [3.63, 3.8) is 0 Å². The zero-order valence-electron chi connectivity index (χ0n) is 19.3. The quantitative estimate of drug-likeness (QED) is 0.560. The number of amides is 1. The van der Waals surface area contributed by atoms with Crippen molar-refractivity contribution in [2.75, 3.05) is 46.8 Å². The summed E-state index contributed by atoms with van der Waals surface area (Å²) >= 11 is 12.5. The second kappa shape index (κ2) is 10.5. The molecule has 0 spiro atoms. The molecule has 0 saturated carbocycles. The van der Waals surface area contributed by atoms with E-state index in [0.29, 0.717) is 23.1 Å². The lowest BCUT2D eigenvalue weighted by molar-refractivity contribution is -0.944. The number of likely N-dealkylation sites (tertiary alicyclic amines) is 1. The van der Waals surface area contributed by atoms with Crippen molar-refractivity contribution in [1.82, 2.24) is 10.2 Å². The summed E-state index contributed by atoms with van der Waals surface area (Å²) in [5.74, 6) is 0.0756. The van der Waals surface area contributed by atoms with Gasteiger partial charge in [0.1, 0.15) is 6.04 Å². The second-order valence-electron chi connectivity index (χ2n) is 9.03. The Kier molecular flexibility index (Phi) is 8.23. The lowest BCUT2D eigenvalue weighted by Gasteiger charge is -2.53. The average molecular weight is 478 g/mol. The van der Waals surface area contributed by atoms with E-state index in [1.807, 2.05) is 30.1 Å². The van der Waals surface area contributed by atoms with Crippen LogP contribution in [0, 0.1) is 0 Å². The normalized spacial score (nSPS) is 24.2. The van der Waals surface area contributed by atoms with Crippen molar-refractivity contribution in [1.29, 1.82) is 0 Å². The van der Waals surface area contributed by atoms with Crippen molar-refractivity contribution < 1.29 is 9.28 Å². The highest BCUT2D eigenvalue weighted by Crippen LogP contribution is 2.44. The first-order valence-corrected chi connectivity index (χ1v) is 12.0. The van der Waals surface area contributed by atoms with Crippen LogP contribution in [0.25, 0.3) is 0 Å². The van der Waals surface area contributed by atoms with E-state index < -0.39 is 0 Å². The number of hydrogen-bond donors (Lipinski definition) is 2. The van der Waals surface area contributed by atoms with Gasteiger partial charge in [-0.25, -0.2) is 0 Å². The zero-order valence-corrected chi connectivity index (χ0v) is 20.8. The molecule has 2 aromatic rings. The van der Waals surface area contributed by atoms with Gasteiger partial charge in [-0.05, 0) is 24.7 Å². The molecule has 1 saturated heterocycles.